The van der Waals surface area contributed by atoms with E-state index >= 15 is 0 Å². The third-order valence-corrected chi connectivity index (χ3v) is 5.15. The Kier molecular flexibility index (Phi) is 3.70. The van der Waals surface area contributed by atoms with Gasteiger partial charge in [0.1, 0.15) is 0 Å². The van der Waals surface area contributed by atoms with Gasteiger partial charge in [-0.2, -0.15) is 4.98 Å². The number of nitrogens with zero attached hydrogens (tertiary/aromatic N) is 4. The molecule has 23 heavy (non-hydrogen) atoms. The largest absolute Gasteiger partial charge is 0.338 e. The number of piperidine rings is 1. The normalized spacial score (nSPS) is 26.8. The van der Waals surface area contributed by atoms with Crippen molar-refractivity contribution < 1.29 is 4.52 Å². The van der Waals surface area contributed by atoms with Crippen molar-refractivity contribution in [3.05, 3.63) is 35.7 Å². The summed E-state index contributed by atoms with van der Waals surface area (Å²) in [5, 5.41) is 4.25. The lowest BCUT2D eigenvalue weighted by Gasteiger charge is -2.30. The molecule has 0 aliphatic carbocycles. The molecule has 2 bridgehead atoms. The van der Waals surface area contributed by atoms with Gasteiger partial charge >= 0.3 is 0 Å². The highest BCUT2D eigenvalue weighted by Gasteiger charge is 2.46. The van der Waals surface area contributed by atoms with Gasteiger partial charge in [-0.25, -0.2) is 0 Å². The maximum Gasteiger partial charge on any atom is 0.234 e. The first-order valence-corrected chi connectivity index (χ1v) is 8.45. The highest BCUT2D eigenvalue weighted by atomic mass is 16.5. The molecule has 0 N–H and O–H groups in total. The molecular formula is C18H24N4O. The van der Waals surface area contributed by atoms with E-state index in [0.29, 0.717) is 0 Å². The highest BCUT2D eigenvalue weighted by molar-refractivity contribution is 5.54. The van der Waals surface area contributed by atoms with E-state index in [1.54, 1.807) is 0 Å². The first-order chi connectivity index (χ1) is 11.1. The van der Waals surface area contributed by atoms with Crippen molar-refractivity contribution in [2.75, 3.05) is 33.7 Å². The van der Waals surface area contributed by atoms with Crippen LogP contribution in [0, 0.1) is 0 Å². The topological polar surface area (TPSA) is 45.4 Å². The fourth-order valence-electron chi connectivity index (χ4n) is 3.96. The van der Waals surface area contributed by atoms with E-state index in [9.17, 15) is 0 Å². The van der Waals surface area contributed by atoms with Crippen LogP contribution in [-0.2, 0) is 12.0 Å². The van der Waals surface area contributed by atoms with E-state index in [-0.39, 0.29) is 5.41 Å². The van der Waals surface area contributed by atoms with Gasteiger partial charge in [0.15, 0.2) is 0 Å². The Morgan fingerprint density at radius 1 is 1.17 bits per heavy atom. The second-order valence-electron chi connectivity index (χ2n) is 7.27. The summed E-state index contributed by atoms with van der Waals surface area (Å²) in [6.07, 6.45) is 3.56. The smallest absolute Gasteiger partial charge is 0.234 e. The second kappa shape index (κ2) is 5.73. The predicted octanol–water partition coefficient (Wildman–Crippen LogP) is 2.54. The molecule has 2 unspecified atom stereocenters. The van der Waals surface area contributed by atoms with Gasteiger partial charge in [0.05, 0.1) is 5.41 Å². The molecule has 2 fully saturated rings. The van der Waals surface area contributed by atoms with Crippen molar-refractivity contribution in [3.63, 3.8) is 0 Å². The predicted molar refractivity (Wildman–Crippen MR) is 89.1 cm³/mol. The molecule has 3 heterocycles. The highest BCUT2D eigenvalue weighted by Crippen LogP contribution is 2.41. The summed E-state index contributed by atoms with van der Waals surface area (Å²) < 4.78 is 5.68. The number of hydrogen-bond acceptors (Lipinski definition) is 5. The second-order valence-corrected chi connectivity index (χ2v) is 7.27. The van der Waals surface area contributed by atoms with Crippen molar-refractivity contribution in [1.29, 1.82) is 0 Å². The van der Waals surface area contributed by atoms with Crippen LogP contribution in [0.5, 0.6) is 0 Å². The standard InChI is InChI=1S/C18H24N4O/c1-21(2)12-14-4-6-15(7-5-14)16-19-17(23-20-16)18-8-3-10-22(13-18)11-9-18/h4-7H,3,8-13H2,1-2H3. The molecule has 2 saturated heterocycles. The molecule has 1 aromatic heterocycles. The number of benzene rings is 1. The van der Waals surface area contributed by atoms with E-state index < -0.39 is 0 Å². The quantitative estimate of drug-likeness (QED) is 0.868. The van der Waals surface area contributed by atoms with Crippen LogP contribution in [-0.4, -0.2) is 53.7 Å². The molecular weight excluding hydrogens is 288 g/mol. The number of fused-ring (bicyclic) bond motifs is 2. The molecule has 2 aromatic rings. The molecule has 4 rings (SSSR count). The van der Waals surface area contributed by atoms with Gasteiger partial charge in [0.2, 0.25) is 11.7 Å². The van der Waals surface area contributed by atoms with Crippen LogP contribution in [0.2, 0.25) is 0 Å². The fourth-order valence-corrected chi connectivity index (χ4v) is 3.96. The summed E-state index contributed by atoms with van der Waals surface area (Å²) in [4.78, 5) is 9.43. The molecule has 5 nitrogen and oxygen atoms in total. The van der Waals surface area contributed by atoms with Crippen molar-refractivity contribution >= 4 is 0 Å². The molecule has 2 aliphatic heterocycles. The molecule has 1 aromatic carbocycles. The molecule has 122 valence electrons. The lowest BCUT2D eigenvalue weighted by atomic mass is 9.81. The molecule has 5 heteroatoms. The lowest BCUT2D eigenvalue weighted by Crippen LogP contribution is -2.37. The van der Waals surface area contributed by atoms with Crippen LogP contribution in [0.15, 0.2) is 28.8 Å². The minimum Gasteiger partial charge on any atom is -0.338 e. The SMILES string of the molecule is CN(C)Cc1ccc(-c2noc(C34CCCN(CC3)C4)n2)cc1. The van der Waals surface area contributed by atoms with Crippen LogP contribution < -0.4 is 0 Å². The summed E-state index contributed by atoms with van der Waals surface area (Å²) in [6.45, 7) is 4.40. The molecule has 0 amide bonds. The van der Waals surface area contributed by atoms with Crippen molar-refractivity contribution in [3.8, 4) is 11.4 Å². The maximum atomic E-state index is 5.68. The zero-order valence-electron chi connectivity index (χ0n) is 14.0. The Morgan fingerprint density at radius 2 is 2.00 bits per heavy atom. The van der Waals surface area contributed by atoms with Gasteiger partial charge in [-0.15, -0.1) is 0 Å². The van der Waals surface area contributed by atoms with Crippen LogP contribution in [0.25, 0.3) is 11.4 Å². The fraction of sp³-hybridized carbons (Fsp3) is 0.556. The zero-order chi connectivity index (χ0) is 15.9. The van der Waals surface area contributed by atoms with Crippen LogP contribution in [0.1, 0.15) is 30.7 Å². The van der Waals surface area contributed by atoms with E-state index in [1.165, 1.54) is 24.9 Å². The first kappa shape index (κ1) is 14.8. The third kappa shape index (κ3) is 2.79. The Morgan fingerprint density at radius 3 is 2.78 bits per heavy atom. The zero-order valence-corrected chi connectivity index (χ0v) is 14.0. The van der Waals surface area contributed by atoms with E-state index in [1.807, 2.05) is 0 Å². The van der Waals surface area contributed by atoms with Gasteiger partial charge in [0.25, 0.3) is 0 Å². The van der Waals surface area contributed by atoms with E-state index in [0.717, 1.165) is 43.3 Å². The lowest BCUT2D eigenvalue weighted by molar-refractivity contribution is 0.201. The molecule has 0 spiro atoms. The summed E-state index contributed by atoms with van der Waals surface area (Å²) in [5.41, 5.74) is 2.43. The minimum atomic E-state index is 0.106. The summed E-state index contributed by atoms with van der Waals surface area (Å²) >= 11 is 0. The van der Waals surface area contributed by atoms with Gasteiger partial charge in [-0.1, -0.05) is 29.4 Å². The summed E-state index contributed by atoms with van der Waals surface area (Å²) in [7, 11) is 4.15. The number of hydrogen-bond donors (Lipinski definition) is 0. The Balaban J connectivity index is 1.56. The first-order valence-electron chi connectivity index (χ1n) is 8.45. The van der Waals surface area contributed by atoms with Gasteiger partial charge in [0, 0.05) is 18.7 Å². The summed E-state index contributed by atoms with van der Waals surface area (Å²) in [5.74, 6) is 1.56. The molecule has 2 atom stereocenters. The van der Waals surface area contributed by atoms with E-state index in [2.05, 4.69) is 53.3 Å². The van der Waals surface area contributed by atoms with Gasteiger partial charge in [-0.05, 0) is 52.0 Å². The Labute approximate surface area is 137 Å². The minimum absolute atomic E-state index is 0.106. The number of aromatic nitrogens is 2. The van der Waals surface area contributed by atoms with Crippen molar-refractivity contribution in [2.45, 2.75) is 31.2 Å². The maximum absolute atomic E-state index is 5.68. The van der Waals surface area contributed by atoms with Crippen molar-refractivity contribution in [2.24, 2.45) is 0 Å². The van der Waals surface area contributed by atoms with Crippen LogP contribution in [0.4, 0.5) is 0 Å². The van der Waals surface area contributed by atoms with Gasteiger partial charge < -0.3 is 14.3 Å². The third-order valence-electron chi connectivity index (χ3n) is 5.15. The number of rotatable bonds is 4. The van der Waals surface area contributed by atoms with Crippen LogP contribution in [0.3, 0.4) is 0 Å². The Hall–Kier alpha value is -1.72. The van der Waals surface area contributed by atoms with Gasteiger partial charge in [-0.3, -0.25) is 0 Å². The average molecular weight is 312 g/mol. The Bertz CT molecular complexity index is 675. The molecule has 0 saturated carbocycles. The monoisotopic (exact) mass is 312 g/mol. The van der Waals surface area contributed by atoms with Crippen LogP contribution >= 0.6 is 0 Å². The van der Waals surface area contributed by atoms with Crippen molar-refractivity contribution in [1.82, 2.24) is 19.9 Å². The average Bonchev–Trinajstić information content (AvgIpc) is 3.14. The summed E-state index contributed by atoms with van der Waals surface area (Å²) in [6, 6.07) is 8.46. The molecule has 2 aliphatic rings. The van der Waals surface area contributed by atoms with E-state index in [4.69, 9.17) is 9.51 Å². The molecule has 0 radical (unpaired) electrons.